The van der Waals surface area contributed by atoms with Crippen molar-refractivity contribution >= 4 is 66.8 Å². The number of fused-ring (bicyclic) bond motifs is 5. The smallest absolute Gasteiger partial charge is 0.161 e. The molecule has 3 nitrogen and oxygen atoms in total. The molecule has 0 amide bonds. The number of hydrogen-bond acceptors (Lipinski definition) is 3. The van der Waals surface area contributed by atoms with Gasteiger partial charge in [-0.15, -0.1) is 0 Å². The van der Waals surface area contributed by atoms with Crippen LogP contribution in [0.25, 0.3) is 43.8 Å². The Morgan fingerprint density at radius 1 is 0.367 bits per heavy atom. The van der Waals surface area contributed by atoms with Gasteiger partial charge in [-0.2, -0.15) is 0 Å². The number of para-hydroxylation sites is 4. The Labute approximate surface area is 285 Å². The number of benzene rings is 8. The van der Waals surface area contributed by atoms with Crippen molar-refractivity contribution in [1.29, 1.82) is 0 Å². The van der Waals surface area contributed by atoms with E-state index >= 15 is 0 Å². The highest BCUT2D eigenvalue weighted by molar-refractivity contribution is 6.22. The lowest BCUT2D eigenvalue weighted by Crippen LogP contribution is -2.17. The highest BCUT2D eigenvalue weighted by atomic mass is 16.3. The molecule has 0 spiro atoms. The van der Waals surface area contributed by atoms with Crippen molar-refractivity contribution in [1.82, 2.24) is 0 Å². The van der Waals surface area contributed by atoms with E-state index in [1.54, 1.807) is 0 Å². The van der Waals surface area contributed by atoms with Crippen molar-refractivity contribution in [3.8, 4) is 11.1 Å². The molecule has 0 radical (unpaired) electrons. The van der Waals surface area contributed by atoms with Crippen LogP contribution in [0.15, 0.2) is 199 Å². The van der Waals surface area contributed by atoms with E-state index in [0.29, 0.717) is 0 Å². The molecule has 0 saturated heterocycles. The van der Waals surface area contributed by atoms with Crippen LogP contribution in [-0.4, -0.2) is 0 Å². The van der Waals surface area contributed by atoms with E-state index in [1.807, 2.05) is 0 Å². The Balaban J connectivity index is 1.45. The number of furan rings is 1. The summed E-state index contributed by atoms with van der Waals surface area (Å²) in [5, 5.41) is 4.56. The van der Waals surface area contributed by atoms with Crippen molar-refractivity contribution in [2.45, 2.75) is 0 Å². The fourth-order valence-electron chi connectivity index (χ4n) is 7.06. The van der Waals surface area contributed by atoms with Crippen molar-refractivity contribution < 1.29 is 4.42 Å². The normalized spacial score (nSPS) is 11.3. The summed E-state index contributed by atoms with van der Waals surface area (Å²) in [6.45, 7) is 0. The van der Waals surface area contributed by atoms with Crippen molar-refractivity contribution in [2.24, 2.45) is 0 Å². The standard InChI is InChI=1S/C46H32N2O/c1-5-17-33(18-6-1)38-26-15-16-28-41(38)48(37-24-11-4-12-25-37)45-42(47(35-20-7-2-8-21-35)36-22-9-3-10-23-36)31-30-40-44-39-27-14-13-19-34(39)29-32-43(44)49-46(40)45/h1-32H. The lowest BCUT2D eigenvalue weighted by Gasteiger charge is -2.34. The molecule has 0 aliphatic carbocycles. The first-order valence-corrected chi connectivity index (χ1v) is 16.6. The molecule has 8 aromatic carbocycles. The van der Waals surface area contributed by atoms with E-state index in [-0.39, 0.29) is 0 Å². The van der Waals surface area contributed by atoms with Gasteiger partial charge in [0.1, 0.15) is 11.3 Å². The first-order valence-electron chi connectivity index (χ1n) is 16.6. The highest BCUT2D eigenvalue weighted by Crippen LogP contribution is 2.52. The van der Waals surface area contributed by atoms with E-state index in [0.717, 1.165) is 67.2 Å². The Kier molecular flexibility index (Phi) is 7.14. The van der Waals surface area contributed by atoms with Gasteiger partial charge in [0.15, 0.2) is 5.58 Å². The second kappa shape index (κ2) is 12.2. The lowest BCUT2D eigenvalue weighted by molar-refractivity contribution is 0.669. The first kappa shape index (κ1) is 28.6. The third-order valence-electron chi connectivity index (χ3n) is 9.22. The summed E-state index contributed by atoms with van der Waals surface area (Å²) < 4.78 is 7.06. The van der Waals surface area contributed by atoms with Gasteiger partial charge in [-0.1, -0.05) is 133 Å². The van der Waals surface area contributed by atoms with Crippen molar-refractivity contribution in [2.75, 3.05) is 9.80 Å². The van der Waals surface area contributed by atoms with Crippen molar-refractivity contribution in [3.63, 3.8) is 0 Å². The van der Waals surface area contributed by atoms with E-state index in [9.17, 15) is 0 Å². The molecule has 3 heteroatoms. The van der Waals surface area contributed by atoms with E-state index in [1.165, 1.54) is 10.8 Å². The minimum Gasteiger partial charge on any atom is -0.454 e. The van der Waals surface area contributed by atoms with E-state index in [4.69, 9.17) is 4.42 Å². The molecule has 9 aromatic rings. The molecule has 1 heterocycles. The molecule has 0 unspecified atom stereocenters. The maximum absolute atomic E-state index is 7.06. The second-order valence-corrected chi connectivity index (χ2v) is 12.1. The molecule has 0 N–H and O–H groups in total. The number of hydrogen-bond donors (Lipinski definition) is 0. The molecular formula is C46H32N2O. The fraction of sp³-hybridized carbons (Fsp3) is 0. The summed E-state index contributed by atoms with van der Waals surface area (Å²) >= 11 is 0. The zero-order chi connectivity index (χ0) is 32.6. The molecule has 0 fully saturated rings. The number of nitrogens with zero attached hydrogens (tertiary/aromatic N) is 2. The van der Waals surface area contributed by atoms with Crippen LogP contribution in [-0.2, 0) is 0 Å². The average molecular weight is 629 g/mol. The lowest BCUT2D eigenvalue weighted by atomic mass is 10.00. The Hall–Kier alpha value is -6.58. The second-order valence-electron chi connectivity index (χ2n) is 12.1. The predicted molar refractivity (Wildman–Crippen MR) is 206 cm³/mol. The minimum absolute atomic E-state index is 0.826. The van der Waals surface area contributed by atoms with Crippen LogP contribution in [0.3, 0.4) is 0 Å². The van der Waals surface area contributed by atoms with Gasteiger partial charge in [0.2, 0.25) is 0 Å². The molecule has 1 aromatic heterocycles. The monoisotopic (exact) mass is 628 g/mol. The fourth-order valence-corrected chi connectivity index (χ4v) is 7.06. The Morgan fingerprint density at radius 2 is 0.918 bits per heavy atom. The summed E-state index contributed by atoms with van der Waals surface area (Å²) in [4.78, 5) is 4.71. The maximum atomic E-state index is 7.06. The van der Waals surface area contributed by atoms with Gasteiger partial charge in [-0.05, 0) is 77.0 Å². The van der Waals surface area contributed by atoms with Gasteiger partial charge in [0.25, 0.3) is 0 Å². The average Bonchev–Trinajstić information content (AvgIpc) is 3.57. The Bertz CT molecular complexity index is 2500. The zero-order valence-electron chi connectivity index (χ0n) is 26.8. The van der Waals surface area contributed by atoms with Gasteiger partial charge in [0, 0.05) is 33.4 Å². The predicted octanol–water partition coefficient (Wildman–Crippen LogP) is 13.3. The third-order valence-corrected chi connectivity index (χ3v) is 9.22. The molecule has 9 rings (SSSR count). The molecule has 49 heavy (non-hydrogen) atoms. The van der Waals surface area contributed by atoms with Crippen LogP contribution >= 0.6 is 0 Å². The van der Waals surface area contributed by atoms with E-state index < -0.39 is 0 Å². The topological polar surface area (TPSA) is 19.6 Å². The summed E-state index contributed by atoms with van der Waals surface area (Å²) in [6, 6.07) is 68.4. The molecule has 232 valence electrons. The van der Waals surface area contributed by atoms with Crippen LogP contribution in [0.2, 0.25) is 0 Å². The first-order chi connectivity index (χ1) is 24.3. The maximum Gasteiger partial charge on any atom is 0.161 e. The molecule has 0 saturated carbocycles. The van der Waals surface area contributed by atoms with Gasteiger partial charge in [0.05, 0.1) is 11.4 Å². The summed E-state index contributed by atoms with van der Waals surface area (Å²) in [5.41, 5.74) is 10.1. The van der Waals surface area contributed by atoms with Gasteiger partial charge < -0.3 is 14.2 Å². The van der Waals surface area contributed by atoms with Crippen molar-refractivity contribution in [3.05, 3.63) is 194 Å². The molecule has 0 aliphatic heterocycles. The van der Waals surface area contributed by atoms with Gasteiger partial charge >= 0.3 is 0 Å². The third kappa shape index (κ3) is 5.00. The number of anilines is 6. The summed E-state index contributed by atoms with van der Waals surface area (Å²) in [7, 11) is 0. The van der Waals surface area contributed by atoms with E-state index in [2.05, 4.69) is 204 Å². The minimum atomic E-state index is 0.826. The quantitative estimate of drug-likeness (QED) is 0.175. The van der Waals surface area contributed by atoms with Crippen LogP contribution in [0.4, 0.5) is 34.1 Å². The molecule has 0 aliphatic rings. The largest absolute Gasteiger partial charge is 0.454 e. The van der Waals surface area contributed by atoms with Gasteiger partial charge in [-0.25, -0.2) is 0 Å². The summed E-state index contributed by atoms with van der Waals surface area (Å²) in [5.74, 6) is 0. The SMILES string of the molecule is c1ccc(-c2ccccc2N(c2ccccc2)c2c(N(c3ccccc3)c3ccccc3)ccc3c2oc2ccc4ccccc4c23)cc1. The van der Waals surface area contributed by atoms with Gasteiger partial charge in [-0.3, -0.25) is 0 Å². The highest BCUT2D eigenvalue weighted by Gasteiger charge is 2.28. The summed E-state index contributed by atoms with van der Waals surface area (Å²) in [6.07, 6.45) is 0. The number of rotatable bonds is 7. The molecule has 0 atom stereocenters. The zero-order valence-corrected chi connectivity index (χ0v) is 26.8. The van der Waals surface area contributed by atoms with Crippen LogP contribution < -0.4 is 9.80 Å². The molecule has 0 bridgehead atoms. The molecular weight excluding hydrogens is 597 g/mol. The van der Waals surface area contributed by atoms with Crippen LogP contribution in [0, 0.1) is 0 Å². The Morgan fingerprint density at radius 3 is 1.59 bits per heavy atom. The van der Waals surface area contributed by atoms with Crippen LogP contribution in [0.1, 0.15) is 0 Å². The van der Waals surface area contributed by atoms with Crippen LogP contribution in [0.5, 0.6) is 0 Å².